The van der Waals surface area contributed by atoms with Crippen molar-refractivity contribution in [2.75, 3.05) is 39.6 Å². The molecule has 0 bridgehead atoms. The van der Waals surface area contributed by atoms with Gasteiger partial charge in [-0.05, 0) is 0 Å². The van der Waals surface area contributed by atoms with Crippen LogP contribution in [0.1, 0.15) is 0 Å². The Kier molecular flexibility index (Phi) is 9.74. The smallest absolute Gasteiger partial charge is 0.104 e. The highest BCUT2D eigenvalue weighted by Gasteiger charge is 2.14. The maximum Gasteiger partial charge on any atom is 0.104 e. The third-order valence-corrected chi connectivity index (χ3v) is 1.86. The van der Waals surface area contributed by atoms with Gasteiger partial charge in [0.1, 0.15) is 18.3 Å². The van der Waals surface area contributed by atoms with Crippen LogP contribution in [0.5, 0.6) is 0 Å². The highest BCUT2D eigenvalue weighted by atomic mass is 16.6. The average Bonchev–Trinajstić information content (AvgIpc) is 2.33. The summed E-state index contributed by atoms with van der Waals surface area (Å²) < 4.78 is 10.1. The van der Waals surface area contributed by atoms with Crippen molar-refractivity contribution < 1.29 is 35.0 Å². The molecule has 0 aliphatic carbocycles. The first-order chi connectivity index (χ1) is 7.67. The lowest BCUT2D eigenvalue weighted by Crippen LogP contribution is -2.33. The zero-order valence-electron chi connectivity index (χ0n) is 9.03. The molecule has 0 amide bonds. The highest BCUT2D eigenvalue weighted by Crippen LogP contribution is 1.98. The Balaban J connectivity index is 3.73. The second-order valence-corrected chi connectivity index (χ2v) is 3.29. The molecule has 0 saturated heterocycles. The van der Waals surface area contributed by atoms with Gasteiger partial charge >= 0.3 is 0 Å². The van der Waals surface area contributed by atoms with Crippen molar-refractivity contribution in [1.29, 1.82) is 0 Å². The third kappa shape index (κ3) is 7.07. The van der Waals surface area contributed by atoms with Gasteiger partial charge in [-0.2, -0.15) is 0 Å². The van der Waals surface area contributed by atoms with E-state index in [2.05, 4.69) is 0 Å². The standard InChI is InChI=1S/C9H20O7/c10-1-7(14)5-15-9(4-13)6-16-8(2-11)3-12/h7-14H,1-6H2. The number of hydrogen-bond acceptors (Lipinski definition) is 7. The van der Waals surface area contributed by atoms with Crippen LogP contribution in [0.15, 0.2) is 0 Å². The van der Waals surface area contributed by atoms with Crippen LogP contribution in [0.3, 0.4) is 0 Å². The number of aliphatic hydroxyl groups is 5. The molecule has 2 unspecified atom stereocenters. The van der Waals surface area contributed by atoms with E-state index in [1.165, 1.54) is 0 Å². The summed E-state index contributed by atoms with van der Waals surface area (Å²) >= 11 is 0. The van der Waals surface area contributed by atoms with Gasteiger partial charge in [0.05, 0.1) is 39.6 Å². The number of ether oxygens (including phenoxy) is 2. The van der Waals surface area contributed by atoms with Crippen molar-refractivity contribution in [1.82, 2.24) is 0 Å². The van der Waals surface area contributed by atoms with Gasteiger partial charge in [0.25, 0.3) is 0 Å². The van der Waals surface area contributed by atoms with Gasteiger partial charge < -0.3 is 35.0 Å². The van der Waals surface area contributed by atoms with E-state index in [1.54, 1.807) is 0 Å². The zero-order chi connectivity index (χ0) is 12.4. The maximum atomic E-state index is 8.99. The molecule has 0 aromatic heterocycles. The van der Waals surface area contributed by atoms with Crippen molar-refractivity contribution in [2.24, 2.45) is 0 Å². The molecule has 7 heteroatoms. The predicted molar refractivity (Wildman–Crippen MR) is 53.8 cm³/mol. The van der Waals surface area contributed by atoms with E-state index < -0.39 is 24.9 Å². The summed E-state index contributed by atoms with van der Waals surface area (Å²) in [5.74, 6) is 0. The average molecular weight is 240 g/mol. The van der Waals surface area contributed by atoms with E-state index in [0.29, 0.717) is 0 Å². The summed E-state index contributed by atoms with van der Waals surface area (Å²) in [5.41, 5.74) is 0. The summed E-state index contributed by atoms with van der Waals surface area (Å²) in [4.78, 5) is 0. The van der Waals surface area contributed by atoms with Gasteiger partial charge in [-0.1, -0.05) is 0 Å². The van der Waals surface area contributed by atoms with Crippen LogP contribution in [0.25, 0.3) is 0 Å². The second-order valence-electron chi connectivity index (χ2n) is 3.29. The Morgan fingerprint density at radius 3 is 1.62 bits per heavy atom. The molecule has 0 aromatic rings. The summed E-state index contributed by atoms with van der Waals surface area (Å²) in [7, 11) is 0. The van der Waals surface area contributed by atoms with Crippen LogP contribution in [0.2, 0.25) is 0 Å². The Bertz CT molecular complexity index is 151. The van der Waals surface area contributed by atoms with Crippen LogP contribution in [0.4, 0.5) is 0 Å². The van der Waals surface area contributed by atoms with Crippen molar-refractivity contribution in [2.45, 2.75) is 18.3 Å². The molecule has 98 valence electrons. The summed E-state index contributed by atoms with van der Waals surface area (Å²) in [6.45, 7) is -1.52. The minimum atomic E-state index is -1.000. The molecule has 0 radical (unpaired) electrons. The van der Waals surface area contributed by atoms with Gasteiger partial charge in [0.15, 0.2) is 0 Å². The van der Waals surface area contributed by atoms with Gasteiger partial charge in [0, 0.05) is 0 Å². The van der Waals surface area contributed by atoms with E-state index in [0.717, 1.165) is 0 Å². The molecule has 0 aliphatic rings. The van der Waals surface area contributed by atoms with E-state index in [-0.39, 0.29) is 33.0 Å². The molecule has 0 saturated carbocycles. The first kappa shape index (κ1) is 15.7. The Hall–Kier alpha value is -0.280. The molecule has 0 aliphatic heterocycles. The monoisotopic (exact) mass is 240 g/mol. The van der Waals surface area contributed by atoms with Crippen LogP contribution in [0, 0.1) is 0 Å². The molecule has 16 heavy (non-hydrogen) atoms. The van der Waals surface area contributed by atoms with Gasteiger partial charge in [-0.3, -0.25) is 0 Å². The van der Waals surface area contributed by atoms with E-state index in [4.69, 9.17) is 35.0 Å². The Morgan fingerprint density at radius 2 is 1.19 bits per heavy atom. The molecular weight excluding hydrogens is 220 g/mol. The largest absolute Gasteiger partial charge is 0.394 e. The minimum Gasteiger partial charge on any atom is -0.394 e. The lowest BCUT2D eigenvalue weighted by Gasteiger charge is -2.20. The van der Waals surface area contributed by atoms with Crippen LogP contribution in [-0.4, -0.2) is 83.5 Å². The minimum absolute atomic E-state index is 0.0135. The fourth-order valence-corrected chi connectivity index (χ4v) is 0.860. The van der Waals surface area contributed by atoms with Crippen molar-refractivity contribution in [3.8, 4) is 0 Å². The number of rotatable bonds is 10. The lowest BCUT2D eigenvalue weighted by atomic mass is 10.3. The van der Waals surface area contributed by atoms with E-state index >= 15 is 0 Å². The fourth-order valence-electron chi connectivity index (χ4n) is 0.860. The number of hydrogen-bond donors (Lipinski definition) is 5. The van der Waals surface area contributed by atoms with Crippen LogP contribution in [-0.2, 0) is 9.47 Å². The van der Waals surface area contributed by atoms with Gasteiger partial charge in [0.2, 0.25) is 0 Å². The van der Waals surface area contributed by atoms with Crippen molar-refractivity contribution >= 4 is 0 Å². The molecule has 0 heterocycles. The number of aliphatic hydroxyl groups excluding tert-OH is 5. The van der Waals surface area contributed by atoms with Crippen molar-refractivity contribution in [3.05, 3.63) is 0 Å². The molecule has 0 aromatic carbocycles. The summed E-state index contributed by atoms with van der Waals surface area (Å²) in [6, 6.07) is 0. The Morgan fingerprint density at radius 1 is 0.688 bits per heavy atom. The van der Waals surface area contributed by atoms with Crippen LogP contribution < -0.4 is 0 Å². The first-order valence-corrected chi connectivity index (χ1v) is 5.02. The van der Waals surface area contributed by atoms with E-state index in [9.17, 15) is 0 Å². The quantitative estimate of drug-likeness (QED) is 0.277. The SMILES string of the molecule is OCC(O)COC(CO)COC(CO)CO. The summed E-state index contributed by atoms with van der Waals surface area (Å²) in [6.07, 6.45) is -2.37. The maximum absolute atomic E-state index is 8.99. The topological polar surface area (TPSA) is 120 Å². The molecule has 0 rings (SSSR count). The predicted octanol–water partition coefficient (Wildman–Crippen LogP) is -2.91. The van der Waals surface area contributed by atoms with Crippen LogP contribution >= 0.6 is 0 Å². The van der Waals surface area contributed by atoms with Gasteiger partial charge in [-0.15, -0.1) is 0 Å². The molecular formula is C9H20O7. The van der Waals surface area contributed by atoms with E-state index in [1.807, 2.05) is 0 Å². The molecule has 5 N–H and O–H groups in total. The first-order valence-electron chi connectivity index (χ1n) is 5.02. The van der Waals surface area contributed by atoms with Crippen molar-refractivity contribution in [3.63, 3.8) is 0 Å². The highest BCUT2D eigenvalue weighted by molar-refractivity contribution is 4.60. The van der Waals surface area contributed by atoms with Gasteiger partial charge in [-0.25, -0.2) is 0 Å². The molecule has 0 fully saturated rings. The molecule has 0 spiro atoms. The second kappa shape index (κ2) is 9.91. The lowest BCUT2D eigenvalue weighted by molar-refractivity contribution is -0.103. The Labute approximate surface area is 93.9 Å². The fraction of sp³-hybridized carbons (Fsp3) is 1.00. The molecule has 7 nitrogen and oxygen atoms in total. The zero-order valence-corrected chi connectivity index (χ0v) is 9.03. The third-order valence-electron chi connectivity index (χ3n) is 1.86. The summed E-state index contributed by atoms with van der Waals surface area (Å²) in [5, 5.41) is 43.8. The normalized spacial score (nSPS) is 15.4. The molecule has 2 atom stereocenters.